The maximum absolute atomic E-state index is 5.13. The Morgan fingerprint density at radius 3 is 3.36 bits per heavy atom. The maximum Gasteiger partial charge on any atom is 0.305 e. The predicted molar refractivity (Wildman–Crippen MR) is 39.4 cm³/mol. The summed E-state index contributed by atoms with van der Waals surface area (Å²) in [7, 11) is 0. The molecular formula is C7H7N3O. The number of aromatic amines is 1. The van der Waals surface area contributed by atoms with Crippen LogP contribution < -0.4 is 0 Å². The first kappa shape index (κ1) is 6.03. The third-order valence-electron chi connectivity index (χ3n) is 1.30. The molecule has 0 atom stereocenters. The fourth-order valence-corrected chi connectivity index (χ4v) is 0.817. The molecule has 0 fully saturated rings. The Morgan fingerprint density at radius 2 is 2.36 bits per heavy atom. The van der Waals surface area contributed by atoms with Gasteiger partial charge in [-0.05, 0) is 0 Å². The molecule has 0 aliphatic carbocycles. The van der Waals surface area contributed by atoms with E-state index in [1.165, 1.54) is 0 Å². The molecule has 0 spiro atoms. The lowest BCUT2D eigenvalue weighted by molar-refractivity contribution is 0.569. The van der Waals surface area contributed by atoms with E-state index in [0.717, 1.165) is 0 Å². The van der Waals surface area contributed by atoms with Crippen LogP contribution in [-0.2, 0) is 0 Å². The highest BCUT2D eigenvalue weighted by Gasteiger charge is 1.86. The Bertz CT molecular complexity index is 347. The molecule has 0 unspecified atom stereocenters. The zero-order chi connectivity index (χ0) is 7.52. The van der Waals surface area contributed by atoms with Crippen molar-refractivity contribution in [3.8, 4) is 0 Å². The Labute approximate surface area is 62.8 Å². The molecule has 0 aliphatic heterocycles. The summed E-state index contributed by atoms with van der Waals surface area (Å²) >= 11 is 0. The van der Waals surface area contributed by atoms with Crippen LogP contribution in [0.4, 0.5) is 0 Å². The molecule has 0 radical (unpaired) electrons. The van der Waals surface area contributed by atoms with Gasteiger partial charge >= 0.3 is 5.84 Å². The summed E-state index contributed by atoms with van der Waals surface area (Å²) in [5, 5.41) is 0. The minimum atomic E-state index is 0.569. The third-order valence-corrected chi connectivity index (χ3v) is 1.30. The van der Waals surface area contributed by atoms with Gasteiger partial charge in [0.2, 0.25) is 0 Å². The standard InChI is InChI=1S/C7H7N3O/c1-4-10-5-2-9-7(10)11-6-3-8-1/h1-6,8H. The molecule has 0 aromatic carbocycles. The molecule has 11 heavy (non-hydrogen) atoms. The van der Waals surface area contributed by atoms with Crippen LogP contribution in [0.1, 0.15) is 0 Å². The number of imidazole rings is 1. The van der Waals surface area contributed by atoms with Crippen molar-refractivity contribution >= 4 is 5.84 Å². The van der Waals surface area contributed by atoms with Gasteiger partial charge < -0.3 is 9.40 Å². The molecule has 0 aliphatic rings. The van der Waals surface area contributed by atoms with Crippen molar-refractivity contribution in [3.05, 3.63) is 37.2 Å². The molecule has 0 saturated heterocycles. The van der Waals surface area contributed by atoms with E-state index in [1.807, 2.05) is 12.4 Å². The molecule has 0 amide bonds. The fourth-order valence-electron chi connectivity index (χ4n) is 0.817. The van der Waals surface area contributed by atoms with Crippen molar-refractivity contribution in [1.82, 2.24) is 14.4 Å². The molecule has 0 saturated carbocycles. The normalized spacial score (nSPS) is 9.82. The van der Waals surface area contributed by atoms with Gasteiger partial charge in [-0.25, -0.2) is 4.98 Å². The van der Waals surface area contributed by atoms with Gasteiger partial charge in [0.15, 0.2) is 0 Å². The van der Waals surface area contributed by atoms with Crippen molar-refractivity contribution in [3.63, 3.8) is 0 Å². The summed E-state index contributed by atoms with van der Waals surface area (Å²) in [5.41, 5.74) is 0. The number of rotatable bonds is 0. The van der Waals surface area contributed by atoms with Gasteiger partial charge in [-0.3, -0.25) is 4.40 Å². The van der Waals surface area contributed by atoms with Gasteiger partial charge in [0, 0.05) is 31.0 Å². The second-order valence-corrected chi connectivity index (χ2v) is 2.02. The molecule has 4 nitrogen and oxygen atoms in total. The van der Waals surface area contributed by atoms with E-state index in [0.29, 0.717) is 5.84 Å². The lowest BCUT2D eigenvalue weighted by Crippen LogP contribution is -1.77. The van der Waals surface area contributed by atoms with Crippen molar-refractivity contribution in [2.75, 3.05) is 0 Å². The van der Waals surface area contributed by atoms with Crippen molar-refractivity contribution < 1.29 is 4.42 Å². The summed E-state index contributed by atoms with van der Waals surface area (Å²) in [6.07, 6.45) is 10.3. The lowest BCUT2D eigenvalue weighted by atomic mass is 10.8. The van der Waals surface area contributed by atoms with E-state index in [1.54, 1.807) is 29.3 Å². The highest BCUT2D eigenvalue weighted by Crippen LogP contribution is 1.93. The van der Waals surface area contributed by atoms with Gasteiger partial charge in [0.05, 0.1) is 0 Å². The van der Waals surface area contributed by atoms with E-state index in [-0.39, 0.29) is 0 Å². The van der Waals surface area contributed by atoms with Crippen LogP contribution in [0.15, 0.2) is 41.7 Å². The number of nitrogens with one attached hydrogen (secondary N) is 1. The van der Waals surface area contributed by atoms with Crippen LogP contribution >= 0.6 is 0 Å². The van der Waals surface area contributed by atoms with Gasteiger partial charge in [-0.2, -0.15) is 0 Å². The molecule has 0 bridgehead atoms. The number of hydrogen-bond acceptors (Lipinski definition) is 2. The summed E-state index contributed by atoms with van der Waals surface area (Å²) in [4.78, 5) is 6.85. The monoisotopic (exact) mass is 149 g/mol. The van der Waals surface area contributed by atoms with Gasteiger partial charge in [0.1, 0.15) is 6.26 Å². The van der Waals surface area contributed by atoms with E-state index < -0.39 is 0 Å². The first-order valence-electron chi connectivity index (χ1n) is 3.24. The van der Waals surface area contributed by atoms with Crippen molar-refractivity contribution in [2.24, 2.45) is 0 Å². The predicted octanol–water partition coefficient (Wildman–Crippen LogP) is 1.38. The molecular weight excluding hydrogens is 142 g/mol. The summed E-state index contributed by atoms with van der Waals surface area (Å²) < 4.78 is 6.90. The van der Waals surface area contributed by atoms with Crippen molar-refractivity contribution in [2.45, 2.75) is 0 Å². The topological polar surface area (TPSA) is 46.2 Å². The van der Waals surface area contributed by atoms with Crippen LogP contribution in [0.5, 0.6) is 0 Å². The molecule has 2 aromatic heterocycles. The number of aromatic nitrogens is 3. The number of fused-ring (bicyclic) bond motifs is 1. The SMILES string of the molecule is c1cn2cc[nH]ccoc2n1. The zero-order valence-corrected chi connectivity index (χ0v) is 5.77. The average molecular weight is 149 g/mol. The molecule has 2 aromatic rings. The minimum Gasteiger partial charge on any atom is -0.432 e. The minimum absolute atomic E-state index is 0.569. The van der Waals surface area contributed by atoms with E-state index >= 15 is 0 Å². The third kappa shape index (κ3) is 1.10. The average Bonchev–Trinajstić information content (AvgIpc) is 2.35. The number of nitrogens with zero attached hydrogens (tertiary/aromatic N) is 2. The van der Waals surface area contributed by atoms with Crippen LogP contribution in [-0.4, -0.2) is 14.4 Å². The van der Waals surface area contributed by atoms with Gasteiger partial charge in [-0.15, -0.1) is 0 Å². The summed E-state index contributed by atoms with van der Waals surface area (Å²) in [5.74, 6) is 0.569. The summed E-state index contributed by atoms with van der Waals surface area (Å²) in [6, 6.07) is 0. The molecule has 4 heteroatoms. The highest BCUT2D eigenvalue weighted by atomic mass is 16.3. The Hall–Kier alpha value is -1.71. The van der Waals surface area contributed by atoms with Gasteiger partial charge in [0.25, 0.3) is 0 Å². The van der Waals surface area contributed by atoms with Crippen molar-refractivity contribution in [1.29, 1.82) is 0 Å². The van der Waals surface area contributed by atoms with E-state index in [2.05, 4.69) is 9.97 Å². The fraction of sp³-hybridized carbons (Fsp3) is 0. The maximum atomic E-state index is 5.13. The first-order chi connectivity index (χ1) is 5.47. The Balaban J connectivity index is 2.84. The quantitative estimate of drug-likeness (QED) is 0.615. The molecule has 56 valence electrons. The van der Waals surface area contributed by atoms with E-state index in [9.17, 15) is 0 Å². The first-order valence-corrected chi connectivity index (χ1v) is 3.24. The van der Waals surface area contributed by atoms with Crippen LogP contribution in [0.3, 0.4) is 0 Å². The molecule has 2 heterocycles. The largest absolute Gasteiger partial charge is 0.432 e. The Morgan fingerprint density at radius 1 is 1.36 bits per heavy atom. The lowest BCUT2D eigenvalue weighted by Gasteiger charge is -1.85. The smallest absolute Gasteiger partial charge is 0.305 e. The second kappa shape index (κ2) is 2.49. The molecule has 1 N–H and O–H groups in total. The highest BCUT2D eigenvalue weighted by molar-refractivity contribution is 5.18. The van der Waals surface area contributed by atoms with Crippen LogP contribution in [0.2, 0.25) is 0 Å². The number of H-pyrrole nitrogens is 1. The van der Waals surface area contributed by atoms with Crippen LogP contribution in [0.25, 0.3) is 5.84 Å². The van der Waals surface area contributed by atoms with E-state index in [4.69, 9.17) is 4.42 Å². The summed E-state index contributed by atoms with van der Waals surface area (Å²) in [6.45, 7) is 0. The molecule has 2 rings (SSSR count). The Kier molecular flexibility index (Phi) is 1.37. The number of hydrogen-bond donors (Lipinski definition) is 1. The zero-order valence-electron chi connectivity index (χ0n) is 5.77. The van der Waals surface area contributed by atoms with Crippen LogP contribution in [0, 0.1) is 0 Å². The van der Waals surface area contributed by atoms with Gasteiger partial charge in [-0.1, -0.05) is 0 Å². The second-order valence-electron chi connectivity index (χ2n) is 2.02.